The van der Waals surface area contributed by atoms with Gasteiger partial charge in [0.1, 0.15) is 9.90 Å². The second kappa shape index (κ2) is 7.03. The second-order valence-electron chi connectivity index (χ2n) is 5.78. The number of sulfonamides is 1. The zero-order valence-corrected chi connectivity index (χ0v) is 17.3. The fraction of sp³-hybridized carbons (Fsp3) is 0.235. The number of aryl methyl sites for hydroxylation is 1. The number of thiazole rings is 1. The molecule has 0 saturated carbocycles. The molecule has 2 aromatic heterocycles. The van der Waals surface area contributed by atoms with E-state index in [-0.39, 0.29) is 11.4 Å². The maximum atomic E-state index is 12.7. The van der Waals surface area contributed by atoms with Crippen molar-refractivity contribution in [2.45, 2.75) is 25.3 Å². The molecule has 8 heteroatoms. The van der Waals surface area contributed by atoms with Crippen LogP contribution >= 0.6 is 27.3 Å². The lowest BCUT2D eigenvalue weighted by Crippen LogP contribution is -2.23. The summed E-state index contributed by atoms with van der Waals surface area (Å²) in [6, 6.07) is 9.24. The average molecular weight is 440 g/mol. The van der Waals surface area contributed by atoms with Crippen molar-refractivity contribution in [3.63, 3.8) is 0 Å². The molecule has 1 N–H and O–H groups in total. The van der Waals surface area contributed by atoms with E-state index in [9.17, 15) is 8.42 Å². The third-order valence-corrected chi connectivity index (χ3v) is 7.02. The van der Waals surface area contributed by atoms with E-state index in [1.165, 1.54) is 11.3 Å². The van der Waals surface area contributed by atoms with Crippen molar-refractivity contribution in [2.24, 2.45) is 7.05 Å². The van der Waals surface area contributed by atoms with Gasteiger partial charge in [-0.15, -0.1) is 11.3 Å². The highest BCUT2D eigenvalue weighted by atomic mass is 79.9. The highest BCUT2D eigenvalue weighted by molar-refractivity contribution is 9.10. The van der Waals surface area contributed by atoms with E-state index in [0.717, 1.165) is 26.4 Å². The number of halogens is 1. The third-order valence-electron chi connectivity index (χ3n) is 4.00. The number of nitrogens with one attached hydrogen (secondary N) is 1. The van der Waals surface area contributed by atoms with Gasteiger partial charge < -0.3 is 4.57 Å². The standard InChI is InChI=1S/C17H18BrN3O2S2/c1-11-10-24-17(20-11)15-8-16(12(2)21(15)3)25(22,23)19-9-13-4-6-14(18)7-5-13/h4-8,10,19H,9H2,1-3H3. The molecule has 0 spiro atoms. The molecule has 0 radical (unpaired) electrons. The van der Waals surface area contributed by atoms with Gasteiger partial charge in [-0.2, -0.15) is 0 Å². The first-order valence-electron chi connectivity index (χ1n) is 7.61. The summed E-state index contributed by atoms with van der Waals surface area (Å²) in [6.45, 7) is 3.97. The lowest BCUT2D eigenvalue weighted by Gasteiger charge is -2.07. The fourth-order valence-corrected chi connectivity index (χ4v) is 4.90. The first-order chi connectivity index (χ1) is 11.8. The van der Waals surface area contributed by atoms with Crippen LogP contribution in [-0.2, 0) is 23.6 Å². The molecule has 0 atom stereocenters. The summed E-state index contributed by atoms with van der Waals surface area (Å²) in [4.78, 5) is 4.75. The van der Waals surface area contributed by atoms with Crippen LogP contribution in [0, 0.1) is 13.8 Å². The van der Waals surface area contributed by atoms with E-state index in [0.29, 0.717) is 5.69 Å². The summed E-state index contributed by atoms with van der Waals surface area (Å²) in [7, 11) is -1.75. The first kappa shape index (κ1) is 18.3. The molecule has 0 unspecified atom stereocenters. The maximum absolute atomic E-state index is 12.7. The molecule has 0 fully saturated rings. The Labute approximate surface area is 159 Å². The van der Waals surface area contributed by atoms with Crippen molar-refractivity contribution in [3.8, 4) is 10.7 Å². The Morgan fingerprint density at radius 3 is 2.52 bits per heavy atom. The Kier molecular flexibility index (Phi) is 5.15. The molecule has 132 valence electrons. The molecule has 3 rings (SSSR count). The molecule has 0 saturated heterocycles. The molecule has 0 amide bonds. The molecule has 0 aliphatic carbocycles. The van der Waals surface area contributed by atoms with E-state index >= 15 is 0 Å². The van der Waals surface area contributed by atoms with Crippen LogP contribution < -0.4 is 4.72 Å². The van der Waals surface area contributed by atoms with E-state index in [1.807, 2.05) is 48.2 Å². The summed E-state index contributed by atoms with van der Waals surface area (Å²) in [6.07, 6.45) is 0. The van der Waals surface area contributed by atoms with E-state index < -0.39 is 10.0 Å². The van der Waals surface area contributed by atoms with Gasteiger partial charge in [-0.3, -0.25) is 0 Å². The summed E-state index contributed by atoms with van der Waals surface area (Å²) >= 11 is 4.88. The largest absolute Gasteiger partial charge is 0.345 e. The van der Waals surface area contributed by atoms with Crippen LogP contribution in [0.5, 0.6) is 0 Å². The molecule has 5 nitrogen and oxygen atoms in total. The monoisotopic (exact) mass is 439 g/mol. The summed E-state index contributed by atoms with van der Waals surface area (Å²) in [5.74, 6) is 0. The lowest BCUT2D eigenvalue weighted by atomic mass is 10.2. The number of rotatable bonds is 5. The Morgan fingerprint density at radius 2 is 1.92 bits per heavy atom. The maximum Gasteiger partial charge on any atom is 0.242 e. The Balaban J connectivity index is 1.88. The van der Waals surface area contributed by atoms with Crippen molar-refractivity contribution in [2.75, 3.05) is 0 Å². The van der Waals surface area contributed by atoms with Crippen LogP contribution in [0.15, 0.2) is 45.1 Å². The highest BCUT2D eigenvalue weighted by Gasteiger charge is 2.23. The van der Waals surface area contributed by atoms with Crippen LogP contribution in [0.1, 0.15) is 17.0 Å². The van der Waals surface area contributed by atoms with Gasteiger partial charge in [-0.05, 0) is 37.6 Å². The Morgan fingerprint density at radius 1 is 1.24 bits per heavy atom. The lowest BCUT2D eigenvalue weighted by molar-refractivity contribution is 0.580. The normalized spacial score (nSPS) is 11.8. The van der Waals surface area contributed by atoms with Gasteiger partial charge in [0.2, 0.25) is 10.0 Å². The minimum atomic E-state index is -3.61. The van der Waals surface area contributed by atoms with Gasteiger partial charge in [0.15, 0.2) is 0 Å². The molecule has 2 heterocycles. The Hall–Kier alpha value is -1.48. The van der Waals surface area contributed by atoms with E-state index in [2.05, 4.69) is 25.6 Å². The number of hydrogen-bond donors (Lipinski definition) is 1. The van der Waals surface area contributed by atoms with Crippen molar-refractivity contribution in [1.82, 2.24) is 14.3 Å². The van der Waals surface area contributed by atoms with Crippen molar-refractivity contribution < 1.29 is 8.42 Å². The number of nitrogens with zero attached hydrogens (tertiary/aromatic N) is 2. The smallest absolute Gasteiger partial charge is 0.242 e. The molecular weight excluding hydrogens is 422 g/mol. The second-order valence-corrected chi connectivity index (χ2v) is 9.29. The van der Waals surface area contributed by atoms with Crippen LogP contribution in [-0.4, -0.2) is 18.0 Å². The molecule has 1 aromatic carbocycles. The van der Waals surface area contributed by atoms with Gasteiger partial charge in [0, 0.05) is 34.8 Å². The molecule has 3 aromatic rings. The predicted molar refractivity (Wildman–Crippen MR) is 104 cm³/mol. The average Bonchev–Trinajstić information content (AvgIpc) is 3.12. The van der Waals surface area contributed by atoms with E-state index in [4.69, 9.17) is 0 Å². The zero-order valence-electron chi connectivity index (χ0n) is 14.1. The molecule has 25 heavy (non-hydrogen) atoms. The SMILES string of the molecule is Cc1csc(-c2cc(S(=O)(=O)NCc3ccc(Br)cc3)c(C)n2C)n1. The van der Waals surface area contributed by atoms with Crippen molar-refractivity contribution >= 4 is 37.3 Å². The summed E-state index contributed by atoms with van der Waals surface area (Å²) < 4.78 is 31.0. The fourth-order valence-electron chi connectivity index (χ4n) is 2.48. The van der Waals surface area contributed by atoms with Gasteiger partial charge in [-0.25, -0.2) is 18.1 Å². The van der Waals surface area contributed by atoms with Gasteiger partial charge in [0.05, 0.1) is 5.69 Å². The van der Waals surface area contributed by atoms with Crippen LogP contribution in [0.25, 0.3) is 10.7 Å². The first-order valence-corrected chi connectivity index (χ1v) is 10.8. The minimum Gasteiger partial charge on any atom is -0.345 e. The van der Waals surface area contributed by atoms with Crippen molar-refractivity contribution in [1.29, 1.82) is 0 Å². The van der Waals surface area contributed by atoms with Crippen LogP contribution in [0.2, 0.25) is 0 Å². The van der Waals surface area contributed by atoms with E-state index in [1.54, 1.807) is 13.0 Å². The van der Waals surface area contributed by atoms with Crippen LogP contribution in [0.3, 0.4) is 0 Å². The molecule has 0 aliphatic rings. The molecular formula is C17H18BrN3O2S2. The third kappa shape index (κ3) is 3.87. The number of aromatic nitrogens is 2. The quantitative estimate of drug-likeness (QED) is 0.652. The van der Waals surface area contributed by atoms with Gasteiger partial charge in [0.25, 0.3) is 0 Å². The highest BCUT2D eigenvalue weighted by Crippen LogP contribution is 2.29. The number of benzene rings is 1. The van der Waals surface area contributed by atoms with Gasteiger partial charge >= 0.3 is 0 Å². The summed E-state index contributed by atoms with van der Waals surface area (Å²) in [5, 5.41) is 2.77. The minimum absolute atomic E-state index is 0.246. The summed E-state index contributed by atoms with van der Waals surface area (Å²) in [5.41, 5.74) is 3.32. The predicted octanol–water partition coefficient (Wildman–Crippen LogP) is 4.01. The van der Waals surface area contributed by atoms with Gasteiger partial charge in [-0.1, -0.05) is 28.1 Å². The Bertz CT molecular complexity index is 1010. The topological polar surface area (TPSA) is 64.0 Å². The molecule has 0 aliphatic heterocycles. The number of hydrogen-bond acceptors (Lipinski definition) is 4. The zero-order chi connectivity index (χ0) is 18.2. The van der Waals surface area contributed by atoms with Crippen molar-refractivity contribution in [3.05, 3.63) is 57.1 Å². The van der Waals surface area contributed by atoms with Crippen LogP contribution in [0.4, 0.5) is 0 Å². The molecule has 0 bridgehead atoms.